The molecule has 6 atom stereocenters. The monoisotopic (exact) mass is 364 g/mol. The van der Waals surface area contributed by atoms with Crippen molar-refractivity contribution in [1.29, 1.82) is 0 Å². The van der Waals surface area contributed by atoms with E-state index in [1.165, 1.54) is 12.7 Å². The molecule has 0 radical (unpaired) electrons. The molecule has 2 fully saturated rings. The Morgan fingerprint density at radius 3 is 2.73 bits per heavy atom. The van der Waals surface area contributed by atoms with Gasteiger partial charge in [-0.1, -0.05) is 25.5 Å². The summed E-state index contributed by atoms with van der Waals surface area (Å²) < 4.78 is 10.1. The van der Waals surface area contributed by atoms with Crippen LogP contribution in [0, 0.1) is 28.6 Å². The van der Waals surface area contributed by atoms with Crippen molar-refractivity contribution in [3.05, 3.63) is 11.6 Å². The quantitative estimate of drug-likeness (QED) is 0.612. The Bertz CT molecular complexity index is 612. The predicted molar refractivity (Wildman–Crippen MR) is 97.1 cm³/mol. The van der Waals surface area contributed by atoms with Crippen molar-refractivity contribution >= 4 is 11.9 Å². The first-order valence-corrected chi connectivity index (χ1v) is 9.87. The Hall–Kier alpha value is -1.36. The maximum Gasteiger partial charge on any atom is 0.335 e. The number of hydrogen-bond donors (Lipinski definition) is 1. The molecular formula is C21H32O5. The zero-order chi connectivity index (χ0) is 19.1. The molecule has 0 aromatic carbocycles. The minimum atomic E-state index is -0.992. The lowest BCUT2D eigenvalue weighted by molar-refractivity contribution is -0.156. The summed E-state index contributed by atoms with van der Waals surface area (Å²) in [5.74, 6) is -0.000357. The van der Waals surface area contributed by atoms with Crippen LogP contribution >= 0.6 is 0 Å². The van der Waals surface area contributed by atoms with Gasteiger partial charge in [-0.3, -0.25) is 4.79 Å². The SMILES string of the molecule is COC(=O)[C@@]1(C)CCC=C2[C@@H]1CC[C@@H](C)[C@]2(C)CC[C@@H]1COC(=O)[C@H]1O. The maximum absolute atomic E-state index is 12.5. The largest absolute Gasteiger partial charge is 0.469 e. The maximum atomic E-state index is 12.5. The topological polar surface area (TPSA) is 72.8 Å². The Labute approximate surface area is 156 Å². The number of aliphatic hydroxyl groups is 1. The number of esters is 2. The van der Waals surface area contributed by atoms with E-state index in [0.29, 0.717) is 12.5 Å². The summed E-state index contributed by atoms with van der Waals surface area (Å²) in [6, 6.07) is 0. The minimum absolute atomic E-state index is 0.0238. The number of ether oxygens (including phenoxy) is 2. The van der Waals surface area contributed by atoms with Gasteiger partial charge in [0, 0.05) is 5.92 Å². The molecule has 1 saturated heterocycles. The second kappa shape index (κ2) is 6.99. The van der Waals surface area contributed by atoms with Crippen molar-refractivity contribution in [3.63, 3.8) is 0 Å². The molecule has 0 aromatic heterocycles. The van der Waals surface area contributed by atoms with Crippen LogP contribution in [0.4, 0.5) is 0 Å². The molecular weight excluding hydrogens is 332 g/mol. The first kappa shape index (κ1) is 19.4. The zero-order valence-electron chi connectivity index (χ0n) is 16.4. The van der Waals surface area contributed by atoms with Gasteiger partial charge in [0.2, 0.25) is 0 Å². The smallest absolute Gasteiger partial charge is 0.335 e. The molecule has 1 saturated carbocycles. The van der Waals surface area contributed by atoms with Crippen molar-refractivity contribution in [2.45, 2.75) is 65.4 Å². The molecule has 26 heavy (non-hydrogen) atoms. The summed E-state index contributed by atoms with van der Waals surface area (Å²) >= 11 is 0. The van der Waals surface area contributed by atoms with E-state index in [1.54, 1.807) is 0 Å². The van der Waals surface area contributed by atoms with E-state index in [0.717, 1.165) is 38.5 Å². The molecule has 1 heterocycles. The number of hydrogen-bond acceptors (Lipinski definition) is 5. The number of fused-ring (bicyclic) bond motifs is 1. The molecule has 0 amide bonds. The number of carbonyl (C=O) groups excluding carboxylic acids is 2. The number of carbonyl (C=O) groups is 2. The van der Waals surface area contributed by atoms with Crippen molar-refractivity contribution < 1.29 is 24.2 Å². The average Bonchev–Trinajstić information content (AvgIpc) is 2.95. The van der Waals surface area contributed by atoms with Gasteiger partial charge < -0.3 is 14.6 Å². The molecule has 3 rings (SSSR count). The average molecular weight is 364 g/mol. The number of allylic oxidation sites excluding steroid dienone is 2. The molecule has 5 nitrogen and oxygen atoms in total. The van der Waals surface area contributed by atoms with Gasteiger partial charge in [-0.25, -0.2) is 4.79 Å². The lowest BCUT2D eigenvalue weighted by Crippen LogP contribution is -2.48. The van der Waals surface area contributed by atoms with Gasteiger partial charge >= 0.3 is 11.9 Å². The lowest BCUT2D eigenvalue weighted by Gasteiger charge is -2.53. The number of rotatable bonds is 4. The van der Waals surface area contributed by atoms with Gasteiger partial charge in [0.05, 0.1) is 19.1 Å². The molecule has 0 aromatic rings. The molecule has 0 spiro atoms. The highest BCUT2D eigenvalue weighted by Crippen LogP contribution is 2.58. The van der Waals surface area contributed by atoms with Gasteiger partial charge in [-0.05, 0) is 62.7 Å². The predicted octanol–water partition coefficient (Wildman–Crippen LogP) is 3.25. The first-order valence-electron chi connectivity index (χ1n) is 9.87. The highest BCUT2D eigenvalue weighted by Gasteiger charge is 2.53. The van der Waals surface area contributed by atoms with E-state index >= 15 is 0 Å². The number of methoxy groups -OCH3 is 1. The highest BCUT2D eigenvalue weighted by atomic mass is 16.6. The molecule has 0 bridgehead atoms. The summed E-state index contributed by atoms with van der Waals surface area (Å²) in [7, 11) is 1.48. The van der Waals surface area contributed by atoms with E-state index in [-0.39, 0.29) is 23.2 Å². The summed E-state index contributed by atoms with van der Waals surface area (Å²) in [4.78, 5) is 24.0. The van der Waals surface area contributed by atoms with E-state index in [4.69, 9.17) is 9.47 Å². The van der Waals surface area contributed by atoms with Crippen molar-refractivity contribution in [2.24, 2.45) is 28.6 Å². The first-order chi connectivity index (χ1) is 12.2. The van der Waals surface area contributed by atoms with Crippen LogP contribution in [0.3, 0.4) is 0 Å². The third kappa shape index (κ3) is 2.98. The molecule has 1 aliphatic heterocycles. The second-order valence-corrected chi connectivity index (χ2v) is 8.93. The lowest BCUT2D eigenvalue weighted by atomic mass is 9.51. The molecule has 5 heteroatoms. The van der Waals surface area contributed by atoms with E-state index in [1.807, 2.05) is 0 Å². The van der Waals surface area contributed by atoms with Gasteiger partial charge in [0.15, 0.2) is 6.10 Å². The molecule has 146 valence electrons. The summed E-state index contributed by atoms with van der Waals surface area (Å²) in [6.07, 6.45) is 6.83. The summed E-state index contributed by atoms with van der Waals surface area (Å²) in [6.45, 7) is 6.95. The number of aliphatic hydroxyl groups excluding tert-OH is 1. The highest BCUT2D eigenvalue weighted by molar-refractivity contribution is 5.78. The zero-order valence-corrected chi connectivity index (χ0v) is 16.4. The molecule has 0 unspecified atom stereocenters. The Morgan fingerprint density at radius 1 is 1.38 bits per heavy atom. The Morgan fingerprint density at radius 2 is 2.12 bits per heavy atom. The fourth-order valence-corrected chi connectivity index (χ4v) is 5.47. The van der Waals surface area contributed by atoms with Gasteiger partial charge in [-0.2, -0.15) is 0 Å². The van der Waals surface area contributed by atoms with Crippen LogP contribution in [-0.2, 0) is 19.1 Å². The number of cyclic esters (lactones) is 1. The van der Waals surface area contributed by atoms with Crippen LogP contribution in [0.5, 0.6) is 0 Å². The molecule has 2 aliphatic carbocycles. The van der Waals surface area contributed by atoms with E-state index in [9.17, 15) is 14.7 Å². The van der Waals surface area contributed by atoms with Gasteiger partial charge in [-0.15, -0.1) is 0 Å². The fraction of sp³-hybridized carbons (Fsp3) is 0.810. The third-order valence-corrected chi connectivity index (χ3v) is 7.62. The Kier molecular flexibility index (Phi) is 5.22. The van der Waals surface area contributed by atoms with Crippen LogP contribution in [0.2, 0.25) is 0 Å². The van der Waals surface area contributed by atoms with E-state index < -0.39 is 17.5 Å². The standard InChI is InChI=1S/C21H32O5/c1-13-7-8-16-15(6-5-10-21(16,3)19(24)25-4)20(13,2)11-9-14-12-26-18(23)17(14)22/h6,13-14,16-17,22H,5,7-12H2,1-4H3/t13-,14-,16+,17+,20+,21+/m1/s1. The van der Waals surface area contributed by atoms with Crippen LogP contribution in [0.1, 0.15) is 59.3 Å². The van der Waals surface area contributed by atoms with Crippen molar-refractivity contribution in [2.75, 3.05) is 13.7 Å². The van der Waals surface area contributed by atoms with Crippen molar-refractivity contribution in [3.8, 4) is 0 Å². The van der Waals surface area contributed by atoms with Crippen LogP contribution in [-0.4, -0.2) is 36.9 Å². The minimum Gasteiger partial charge on any atom is -0.469 e. The summed E-state index contributed by atoms with van der Waals surface area (Å²) in [5, 5.41) is 10.0. The van der Waals surface area contributed by atoms with Gasteiger partial charge in [0.25, 0.3) is 0 Å². The van der Waals surface area contributed by atoms with Crippen molar-refractivity contribution in [1.82, 2.24) is 0 Å². The van der Waals surface area contributed by atoms with E-state index in [2.05, 4.69) is 26.8 Å². The van der Waals surface area contributed by atoms with Crippen LogP contribution in [0.25, 0.3) is 0 Å². The van der Waals surface area contributed by atoms with Crippen LogP contribution < -0.4 is 0 Å². The second-order valence-electron chi connectivity index (χ2n) is 8.93. The third-order valence-electron chi connectivity index (χ3n) is 7.62. The fourth-order valence-electron chi connectivity index (χ4n) is 5.47. The normalized spacial score (nSPS) is 42.7. The Balaban J connectivity index is 1.82. The van der Waals surface area contributed by atoms with Crippen LogP contribution in [0.15, 0.2) is 11.6 Å². The molecule has 3 aliphatic rings. The summed E-state index contributed by atoms with van der Waals surface area (Å²) in [5.41, 5.74) is 0.908. The molecule has 1 N–H and O–H groups in total. The van der Waals surface area contributed by atoms with Gasteiger partial charge in [0.1, 0.15) is 0 Å².